The van der Waals surface area contributed by atoms with E-state index in [1.165, 1.54) is 23.1 Å². The summed E-state index contributed by atoms with van der Waals surface area (Å²) >= 11 is 6.29. The zero-order chi connectivity index (χ0) is 30.3. The minimum atomic E-state index is -4.18. The zero-order valence-electron chi connectivity index (χ0n) is 24.3. The first-order valence-corrected chi connectivity index (χ1v) is 15.3. The van der Waals surface area contributed by atoms with Gasteiger partial charge >= 0.3 is 0 Å². The van der Waals surface area contributed by atoms with Crippen molar-refractivity contribution in [1.82, 2.24) is 10.2 Å². The van der Waals surface area contributed by atoms with Crippen LogP contribution in [0.15, 0.2) is 71.6 Å². The molecule has 8 nitrogen and oxygen atoms in total. The molecule has 0 bridgehead atoms. The number of methoxy groups -OCH3 is 1. The Morgan fingerprint density at radius 2 is 1.61 bits per heavy atom. The summed E-state index contributed by atoms with van der Waals surface area (Å²) in [5, 5.41) is 3.23. The Labute approximate surface area is 248 Å². The minimum absolute atomic E-state index is 0.0431. The highest BCUT2D eigenvalue weighted by atomic mass is 35.5. The predicted molar refractivity (Wildman–Crippen MR) is 163 cm³/mol. The van der Waals surface area contributed by atoms with Crippen LogP contribution in [-0.4, -0.2) is 50.9 Å². The third-order valence-corrected chi connectivity index (χ3v) is 8.67. The molecule has 0 fully saturated rings. The van der Waals surface area contributed by atoms with Gasteiger partial charge in [0, 0.05) is 17.6 Å². The maximum absolute atomic E-state index is 14.2. The largest absolute Gasteiger partial charge is 0.497 e. The molecular formula is C31H38ClN3O5S. The summed E-state index contributed by atoms with van der Waals surface area (Å²) in [6.07, 6.45) is 0.335. The van der Waals surface area contributed by atoms with Crippen LogP contribution in [-0.2, 0) is 26.2 Å². The Hall–Kier alpha value is -3.56. The van der Waals surface area contributed by atoms with Crippen LogP contribution in [0, 0.1) is 13.8 Å². The van der Waals surface area contributed by atoms with E-state index >= 15 is 0 Å². The van der Waals surface area contributed by atoms with Gasteiger partial charge in [0.1, 0.15) is 18.3 Å². The van der Waals surface area contributed by atoms with Gasteiger partial charge < -0.3 is 15.0 Å². The molecule has 0 radical (unpaired) electrons. The van der Waals surface area contributed by atoms with Crippen LogP contribution < -0.4 is 14.4 Å². The lowest BCUT2D eigenvalue weighted by atomic mass is 10.1. The molecule has 0 aliphatic heterocycles. The Bertz CT molecular complexity index is 1460. The van der Waals surface area contributed by atoms with Crippen molar-refractivity contribution < 1.29 is 22.7 Å². The van der Waals surface area contributed by atoms with Crippen molar-refractivity contribution in [2.75, 3.05) is 18.0 Å². The van der Waals surface area contributed by atoms with Crippen LogP contribution in [0.2, 0.25) is 5.02 Å². The first-order chi connectivity index (χ1) is 19.4. The smallest absolute Gasteiger partial charge is 0.264 e. The number of rotatable bonds is 12. The predicted octanol–water partition coefficient (Wildman–Crippen LogP) is 5.49. The molecule has 220 valence electrons. The lowest BCUT2D eigenvalue weighted by Crippen LogP contribution is -2.53. The first-order valence-electron chi connectivity index (χ1n) is 13.5. The van der Waals surface area contributed by atoms with E-state index in [0.29, 0.717) is 22.8 Å². The maximum atomic E-state index is 14.2. The summed E-state index contributed by atoms with van der Waals surface area (Å²) in [6.45, 7) is 8.70. The number of ether oxygens (including phenoxy) is 1. The molecule has 0 aromatic heterocycles. The van der Waals surface area contributed by atoms with E-state index in [0.717, 1.165) is 15.4 Å². The van der Waals surface area contributed by atoms with Gasteiger partial charge in [-0.3, -0.25) is 13.9 Å². The highest BCUT2D eigenvalue weighted by Gasteiger charge is 2.34. The van der Waals surface area contributed by atoms with E-state index in [-0.39, 0.29) is 29.1 Å². The van der Waals surface area contributed by atoms with E-state index in [1.807, 2.05) is 39.8 Å². The first kappa shape index (κ1) is 32.0. The van der Waals surface area contributed by atoms with Crippen molar-refractivity contribution in [3.63, 3.8) is 0 Å². The molecule has 0 spiro atoms. The summed E-state index contributed by atoms with van der Waals surface area (Å²) in [4.78, 5) is 28.9. The average molecular weight is 600 g/mol. The van der Waals surface area contributed by atoms with Gasteiger partial charge in [0.15, 0.2) is 0 Å². The van der Waals surface area contributed by atoms with E-state index in [1.54, 1.807) is 50.4 Å². The van der Waals surface area contributed by atoms with Crippen molar-refractivity contribution in [1.29, 1.82) is 0 Å². The number of halogens is 1. The van der Waals surface area contributed by atoms with Gasteiger partial charge in [-0.25, -0.2) is 8.42 Å². The molecule has 3 aromatic rings. The number of carbonyl (C=O) groups excluding carboxylic acids is 2. The van der Waals surface area contributed by atoms with Gasteiger partial charge in [0.05, 0.1) is 17.7 Å². The van der Waals surface area contributed by atoms with Gasteiger partial charge in [-0.1, -0.05) is 54.4 Å². The number of carbonyl (C=O) groups is 2. The molecule has 0 aliphatic carbocycles. The molecule has 41 heavy (non-hydrogen) atoms. The number of hydrogen-bond donors (Lipinski definition) is 1. The molecule has 0 aliphatic rings. The Kier molecular flexibility index (Phi) is 10.8. The zero-order valence-corrected chi connectivity index (χ0v) is 25.9. The van der Waals surface area contributed by atoms with E-state index in [4.69, 9.17) is 16.3 Å². The van der Waals surface area contributed by atoms with Crippen LogP contribution in [0.3, 0.4) is 0 Å². The summed E-state index contributed by atoms with van der Waals surface area (Å²) in [7, 11) is -2.62. The van der Waals surface area contributed by atoms with E-state index in [2.05, 4.69) is 5.32 Å². The van der Waals surface area contributed by atoms with Crippen LogP contribution in [0.5, 0.6) is 5.75 Å². The fourth-order valence-electron chi connectivity index (χ4n) is 4.43. The van der Waals surface area contributed by atoms with Gasteiger partial charge in [-0.05, 0) is 81.6 Å². The number of hydrogen-bond acceptors (Lipinski definition) is 5. The molecule has 3 aromatic carbocycles. The Morgan fingerprint density at radius 1 is 0.976 bits per heavy atom. The van der Waals surface area contributed by atoms with Crippen molar-refractivity contribution in [3.8, 4) is 5.75 Å². The summed E-state index contributed by atoms with van der Waals surface area (Å²) in [5.41, 5.74) is 2.58. The highest BCUT2D eigenvalue weighted by Crippen LogP contribution is 2.30. The second-order valence-corrected chi connectivity index (χ2v) is 12.5. The van der Waals surface area contributed by atoms with Crippen molar-refractivity contribution in [3.05, 3.63) is 88.4 Å². The molecule has 1 atom stereocenters. The summed E-state index contributed by atoms with van der Waals surface area (Å²) in [5.74, 6) is -0.180. The number of amides is 2. The van der Waals surface area contributed by atoms with Gasteiger partial charge in [-0.2, -0.15) is 0 Å². The normalized spacial score (nSPS) is 12.1. The second-order valence-electron chi connectivity index (χ2n) is 10.2. The van der Waals surface area contributed by atoms with Crippen molar-refractivity contribution >= 4 is 39.1 Å². The monoisotopic (exact) mass is 599 g/mol. The third kappa shape index (κ3) is 8.01. The fraction of sp³-hybridized carbons (Fsp3) is 0.355. The number of sulfonamides is 1. The number of benzene rings is 3. The summed E-state index contributed by atoms with van der Waals surface area (Å²) < 4.78 is 34.4. The minimum Gasteiger partial charge on any atom is -0.497 e. The molecule has 10 heteroatoms. The Balaban J connectivity index is 2.10. The number of nitrogens with zero attached hydrogens (tertiary/aromatic N) is 2. The molecule has 0 saturated carbocycles. The van der Waals surface area contributed by atoms with Crippen LogP contribution in [0.1, 0.15) is 43.9 Å². The van der Waals surface area contributed by atoms with Crippen molar-refractivity contribution in [2.24, 2.45) is 0 Å². The molecular weight excluding hydrogens is 562 g/mol. The molecule has 3 rings (SSSR count). The van der Waals surface area contributed by atoms with E-state index < -0.39 is 28.5 Å². The third-order valence-electron chi connectivity index (χ3n) is 6.66. The summed E-state index contributed by atoms with van der Waals surface area (Å²) in [6, 6.07) is 17.6. The molecule has 0 saturated heterocycles. The molecule has 1 unspecified atom stereocenters. The average Bonchev–Trinajstić information content (AvgIpc) is 2.93. The number of anilines is 1. The van der Waals surface area contributed by atoms with E-state index in [9.17, 15) is 18.0 Å². The van der Waals surface area contributed by atoms with Crippen LogP contribution >= 0.6 is 11.6 Å². The quantitative estimate of drug-likeness (QED) is 0.297. The standard InChI is InChI=1S/C31H38ClN3O5S/c1-7-28(31(37)33-21(2)3)34(19-24-11-14-26(40-6)15-12-24)30(36)20-35(29-18-25(32)13-10-23(29)5)41(38,39)27-16-8-22(4)9-17-27/h8-18,21,28H,7,19-20H2,1-6H3,(H,33,37). The molecule has 0 heterocycles. The van der Waals surface area contributed by atoms with Gasteiger partial charge in [-0.15, -0.1) is 0 Å². The lowest BCUT2D eigenvalue weighted by molar-refractivity contribution is -0.140. The molecule has 2 amide bonds. The lowest BCUT2D eigenvalue weighted by Gasteiger charge is -2.34. The Morgan fingerprint density at radius 3 is 2.17 bits per heavy atom. The second kappa shape index (κ2) is 13.9. The molecule has 1 N–H and O–H groups in total. The van der Waals surface area contributed by atoms with Gasteiger partial charge in [0.2, 0.25) is 11.8 Å². The SMILES string of the molecule is CCC(C(=O)NC(C)C)N(Cc1ccc(OC)cc1)C(=O)CN(c1cc(Cl)ccc1C)S(=O)(=O)c1ccc(C)cc1. The van der Waals surface area contributed by atoms with Gasteiger partial charge in [0.25, 0.3) is 10.0 Å². The fourth-order valence-corrected chi connectivity index (χ4v) is 6.07. The number of nitrogens with one attached hydrogen (secondary N) is 1. The highest BCUT2D eigenvalue weighted by molar-refractivity contribution is 7.92. The van der Waals surface area contributed by atoms with Crippen LogP contribution in [0.4, 0.5) is 5.69 Å². The number of aryl methyl sites for hydroxylation is 2. The van der Waals surface area contributed by atoms with Crippen LogP contribution in [0.25, 0.3) is 0 Å². The topological polar surface area (TPSA) is 96.0 Å². The van der Waals surface area contributed by atoms with Crippen molar-refractivity contribution in [2.45, 2.75) is 64.6 Å². The maximum Gasteiger partial charge on any atom is 0.264 e.